The van der Waals surface area contributed by atoms with Gasteiger partial charge in [0.25, 0.3) is 10.0 Å². The van der Waals surface area contributed by atoms with Crippen molar-refractivity contribution >= 4 is 27.3 Å². The van der Waals surface area contributed by atoms with Crippen LogP contribution in [0.25, 0.3) is 0 Å². The van der Waals surface area contributed by atoms with Gasteiger partial charge in [-0.15, -0.1) is 11.3 Å². The Morgan fingerprint density at radius 2 is 2.10 bits per heavy atom. The van der Waals surface area contributed by atoms with Crippen LogP contribution in [-0.2, 0) is 19.6 Å². The highest BCUT2D eigenvalue weighted by Gasteiger charge is 2.29. The van der Waals surface area contributed by atoms with E-state index in [2.05, 4.69) is 4.72 Å². The molecule has 0 aliphatic carbocycles. The van der Waals surface area contributed by atoms with Gasteiger partial charge in [0.2, 0.25) is 0 Å². The predicted molar refractivity (Wildman–Crippen MR) is 74.9 cm³/mol. The summed E-state index contributed by atoms with van der Waals surface area (Å²) in [6.07, 6.45) is -1.20. The Kier molecular flexibility index (Phi) is 5.28. The quantitative estimate of drug-likeness (QED) is 0.845. The van der Waals surface area contributed by atoms with E-state index < -0.39 is 34.3 Å². The van der Waals surface area contributed by atoms with Gasteiger partial charge in [0, 0.05) is 18.0 Å². The van der Waals surface area contributed by atoms with Crippen molar-refractivity contribution in [1.29, 1.82) is 0 Å². The third-order valence-electron chi connectivity index (χ3n) is 2.14. The number of thiophene rings is 1. The van der Waals surface area contributed by atoms with Gasteiger partial charge in [0.15, 0.2) is 6.10 Å². The maximum atomic E-state index is 13.0. The number of alkyl halides is 1. The van der Waals surface area contributed by atoms with Crippen LogP contribution in [0.1, 0.15) is 39.4 Å². The van der Waals surface area contributed by atoms with E-state index in [1.807, 2.05) is 0 Å². The van der Waals surface area contributed by atoms with Crippen molar-refractivity contribution in [2.24, 2.45) is 0 Å². The summed E-state index contributed by atoms with van der Waals surface area (Å²) in [6, 6.07) is 1.45. The zero-order valence-corrected chi connectivity index (χ0v) is 13.4. The fourth-order valence-corrected chi connectivity index (χ4v) is 4.47. The molecule has 1 N–H and O–H groups in total. The Morgan fingerprint density at radius 3 is 2.55 bits per heavy atom. The highest BCUT2D eigenvalue weighted by atomic mass is 32.2. The van der Waals surface area contributed by atoms with E-state index in [4.69, 9.17) is 4.74 Å². The number of carbonyl (C=O) groups excluding carboxylic acids is 1. The number of ether oxygens (including phenoxy) is 1. The van der Waals surface area contributed by atoms with Gasteiger partial charge in [-0.2, -0.15) is 0 Å². The first-order valence-electron chi connectivity index (χ1n) is 5.91. The second-order valence-electron chi connectivity index (χ2n) is 5.27. The number of halogens is 1. The lowest BCUT2D eigenvalue weighted by Gasteiger charge is -2.21. The maximum Gasteiger partial charge on any atom is 0.303 e. The number of hydrogen-bond donors (Lipinski definition) is 1. The molecular weight excluding hydrogens is 305 g/mol. The van der Waals surface area contributed by atoms with Gasteiger partial charge in [0.05, 0.1) is 0 Å². The molecule has 0 aliphatic heterocycles. The van der Waals surface area contributed by atoms with Crippen molar-refractivity contribution in [3.63, 3.8) is 0 Å². The van der Waals surface area contributed by atoms with Crippen LogP contribution >= 0.6 is 11.3 Å². The molecule has 8 heteroatoms. The van der Waals surface area contributed by atoms with Crippen molar-refractivity contribution in [2.45, 2.75) is 43.5 Å². The van der Waals surface area contributed by atoms with Crippen LogP contribution in [0.15, 0.2) is 15.7 Å². The van der Waals surface area contributed by atoms with Crippen LogP contribution in [0.4, 0.5) is 4.39 Å². The molecule has 20 heavy (non-hydrogen) atoms. The summed E-state index contributed by atoms with van der Waals surface area (Å²) in [7, 11) is -3.79. The molecule has 0 saturated carbocycles. The molecule has 1 atom stereocenters. The number of rotatable bonds is 5. The summed E-state index contributed by atoms with van der Waals surface area (Å²) in [5, 5.41) is 1.53. The molecule has 1 aromatic rings. The van der Waals surface area contributed by atoms with Crippen LogP contribution in [0.3, 0.4) is 0 Å². The molecule has 114 valence electrons. The zero-order chi connectivity index (χ0) is 15.6. The molecule has 1 heterocycles. The minimum Gasteiger partial charge on any atom is -0.455 e. The lowest BCUT2D eigenvalue weighted by atomic mass is 10.1. The summed E-state index contributed by atoms with van der Waals surface area (Å²) >= 11 is 0.960. The largest absolute Gasteiger partial charge is 0.455 e. The second-order valence-corrected chi connectivity index (χ2v) is 8.07. The smallest absolute Gasteiger partial charge is 0.303 e. The van der Waals surface area contributed by atoms with E-state index in [1.54, 1.807) is 20.8 Å². The number of nitrogens with one attached hydrogen (secondary N) is 1. The highest BCUT2D eigenvalue weighted by molar-refractivity contribution is 7.91. The summed E-state index contributed by atoms with van der Waals surface area (Å²) in [4.78, 5) is 10.9. The Labute approximate surface area is 122 Å². The monoisotopic (exact) mass is 323 g/mol. The minimum atomic E-state index is -3.79. The van der Waals surface area contributed by atoms with E-state index in [0.717, 1.165) is 18.3 Å². The van der Waals surface area contributed by atoms with E-state index in [9.17, 15) is 17.6 Å². The highest BCUT2D eigenvalue weighted by Crippen LogP contribution is 2.31. The normalized spacial score (nSPS) is 14.1. The molecule has 0 amide bonds. The Balaban J connectivity index is 3.16. The summed E-state index contributed by atoms with van der Waals surface area (Å²) < 4.78 is 44.8. The van der Waals surface area contributed by atoms with Crippen LogP contribution in [-0.4, -0.2) is 26.6 Å². The summed E-state index contributed by atoms with van der Waals surface area (Å²) in [5.74, 6) is -0.661. The maximum absolute atomic E-state index is 13.0. The summed E-state index contributed by atoms with van der Waals surface area (Å²) in [6.45, 7) is 5.29. The fraction of sp³-hybridized carbons (Fsp3) is 0.583. The third-order valence-corrected chi connectivity index (χ3v) is 5.41. The van der Waals surface area contributed by atoms with Gasteiger partial charge in [-0.25, -0.2) is 17.5 Å². The molecule has 0 aliphatic rings. The lowest BCUT2D eigenvalue weighted by Crippen LogP contribution is -2.40. The molecule has 0 fully saturated rings. The average molecular weight is 323 g/mol. The molecule has 1 aromatic heterocycles. The second kappa shape index (κ2) is 6.19. The van der Waals surface area contributed by atoms with E-state index in [1.165, 1.54) is 11.4 Å². The van der Waals surface area contributed by atoms with Crippen LogP contribution in [0.5, 0.6) is 0 Å². The van der Waals surface area contributed by atoms with Gasteiger partial charge in [-0.3, -0.25) is 4.79 Å². The van der Waals surface area contributed by atoms with Crippen LogP contribution < -0.4 is 4.72 Å². The molecule has 0 aromatic carbocycles. The number of sulfonamides is 1. The van der Waals surface area contributed by atoms with Crippen LogP contribution in [0.2, 0.25) is 0 Å². The lowest BCUT2D eigenvalue weighted by molar-refractivity contribution is -0.147. The van der Waals surface area contributed by atoms with Crippen molar-refractivity contribution in [2.75, 3.05) is 6.67 Å². The van der Waals surface area contributed by atoms with E-state index in [0.29, 0.717) is 0 Å². The first kappa shape index (κ1) is 17.1. The van der Waals surface area contributed by atoms with Crippen molar-refractivity contribution in [3.8, 4) is 0 Å². The topological polar surface area (TPSA) is 72.5 Å². The van der Waals surface area contributed by atoms with Gasteiger partial charge in [-0.1, -0.05) is 0 Å². The molecule has 5 nitrogen and oxygen atoms in total. The zero-order valence-electron chi connectivity index (χ0n) is 11.8. The Bertz CT molecular complexity index is 575. The van der Waals surface area contributed by atoms with Gasteiger partial charge < -0.3 is 4.74 Å². The third kappa shape index (κ3) is 4.53. The average Bonchev–Trinajstić information content (AvgIpc) is 2.71. The van der Waals surface area contributed by atoms with Crippen molar-refractivity contribution in [3.05, 3.63) is 17.0 Å². The van der Waals surface area contributed by atoms with E-state index >= 15 is 0 Å². The molecule has 0 saturated heterocycles. The first-order valence-corrected chi connectivity index (χ1v) is 8.27. The molecule has 1 unspecified atom stereocenters. The first-order chi connectivity index (χ1) is 9.07. The van der Waals surface area contributed by atoms with Gasteiger partial charge >= 0.3 is 5.97 Å². The number of esters is 1. The Hall–Kier alpha value is -0.990. The SMILES string of the molecule is CC(=O)OC(CF)c1ccsc1S(=O)(=O)NC(C)(C)C. The fourth-order valence-electron chi connectivity index (χ4n) is 1.59. The van der Waals surface area contributed by atoms with Gasteiger partial charge in [0.1, 0.15) is 10.9 Å². The minimum absolute atomic E-state index is 0.0312. The molecule has 1 rings (SSSR count). The van der Waals surface area contributed by atoms with E-state index in [-0.39, 0.29) is 9.77 Å². The van der Waals surface area contributed by atoms with Crippen LogP contribution in [0, 0.1) is 0 Å². The standard InChI is InChI=1S/C12H18FNO4S2/c1-8(15)18-10(7-13)9-5-6-19-11(9)20(16,17)14-12(2,3)4/h5-6,10,14H,7H2,1-4H3. The predicted octanol–water partition coefficient (Wildman–Crippen LogP) is 2.40. The molecule has 0 bridgehead atoms. The molecule has 0 radical (unpaired) electrons. The Morgan fingerprint density at radius 1 is 1.50 bits per heavy atom. The number of hydrogen-bond acceptors (Lipinski definition) is 5. The molecule has 0 spiro atoms. The van der Waals surface area contributed by atoms with Crippen molar-refractivity contribution < 1.29 is 22.3 Å². The summed E-state index contributed by atoms with van der Waals surface area (Å²) in [5.41, 5.74) is -0.503. The molecular formula is C12H18FNO4S2. The number of carbonyl (C=O) groups is 1. The van der Waals surface area contributed by atoms with Crippen molar-refractivity contribution in [1.82, 2.24) is 4.72 Å². The van der Waals surface area contributed by atoms with Gasteiger partial charge in [-0.05, 0) is 32.2 Å².